The zero-order chi connectivity index (χ0) is 11.1. The number of hydrogen-bond donors (Lipinski definition) is 1. The smallest absolute Gasteiger partial charge is 0.154 e. The van der Waals surface area contributed by atoms with Gasteiger partial charge in [0.2, 0.25) is 0 Å². The van der Waals surface area contributed by atoms with Gasteiger partial charge in [-0.1, -0.05) is 30.3 Å². The van der Waals surface area contributed by atoms with Crippen LogP contribution in [0.2, 0.25) is 0 Å². The van der Waals surface area contributed by atoms with Crippen LogP contribution in [0.4, 0.5) is 0 Å². The molecule has 0 bridgehead atoms. The van der Waals surface area contributed by atoms with Crippen LogP contribution < -0.4 is 0 Å². The van der Waals surface area contributed by atoms with Crippen molar-refractivity contribution in [2.45, 2.75) is 6.42 Å². The van der Waals surface area contributed by atoms with Crippen LogP contribution in [-0.4, -0.2) is 11.4 Å². The molecule has 16 heavy (non-hydrogen) atoms. The zero-order valence-electron chi connectivity index (χ0n) is 8.60. The standard InChI is InChI=1S/C14H10O2/c15-8-12-13(16)6-5-10-7-9-3-1-2-4-11(9)14(10)12/h1-6,8,16H,7H2. The lowest BCUT2D eigenvalue weighted by Gasteiger charge is -2.05. The monoisotopic (exact) mass is 210 g/mol. The predicted octanol–water partition coefficient (Wildman–Crippen LogP) is 2.78. The summed E-state index contributed by atoms with van der Waals surface area (Å²) in [6.07, 6.45) is 1.57. The maximum Gasteiger partial charge on any atom is 0.154 e. The molecule has 0 atom stereocenters. The first-order chi connectivity index (χ1) is 7.81. The molecule has 2 aromatic carbocycles. The highest BCUT2D eigenvalue weighted by Crippen LogP contribution is 2.40. The van der Waals surface area contributed by atoms with Crippen LogP contribution in [0.3, 0.4) is 0 Å². The summed E-state index contributed by atoms with van der Waals surface area (Å²) in [5.74, 6) is 0.0606. The highest BCUT2D eigenvalue weighted by Gasteiger charge is 2.22. The van der Waals surface area contributed by atoms with Crippen LogP contribution in [0.5, 0.6) is 5.75 Å². The summed E-state index contributed by atoms with van der Waals surface area (Å²) < 4.78 is 0. The molecule has 0 heterocycles. The van der Waals surface area contributed by atoms with Gasteiger partial charge in [0.05, 0.1) is 5.56 Å². The minimum absolute atomic E-state index is 0.0606. The molecule has 0 saturated heterocycles. The van der Waals surface area contributed by atoms with E-state index in [2.05, 4.69) is 6.07 Å². The van der Waals surface area contributed by atoms with Crippen molar-refractivity contribution in [3.8, 4) is 16.9 Å². The normalized spacial score (nSPS) is 12.0. The van der Waals surface area contributed by atoms with Gasteiger partial charge >= 0.3 is 0 Å². The van der Waals surface area contributed by atoms with Crippen molar-refractivity contribution in [2.75, 3.05) is 0 Å². The van der Waals surface area contributed by atoms with Gasteiger partial charge in [0.25, 0.3) is 0 Å². The molecule has 0 aliphatic heterocycles. The predicted molar refractivity (Wildman–Crippen MR) is 61.7 cm³/mol. The van der Waals surface area contributed by atoms with Crippen molar-refractivity contribution in [1.82, 2.24) is 0 Å². The lowest BCUT2D eigenvalue weighted by atomic mass is 9.99. The van der Waals surface area contributed by atoms with E-state index < -0.39 is 0 Å². The van der Waals surface area contributed by atoms with Crippen LogP contribution in [0.15, 0.2) is 36.4 Å². The summed E-state index contributed by atoms with van der Waals surface area (Å²) in [6, 6.07) is 11.5. The summed E-state index contributed by atoms with van der Waals surface area (Å²) in [5.41, 5.74) is 4.69. The fraction of sp³-hybridized carbons (Fsp3) is 0.0714. The van der Waals surface area contributed by atoms with E-state index in [-0.39, 0.29) is 5.75 Å². The molecule has 0 radical (unpaired) electrons. The highest BCUT2D eigenvalue weighted by atomic mass is 16.3. The molecule has 1 N–H and O–H groups in total. The Morgan fingerprint density at radius 3 is 2.69 bits per heavy atom. The Bertz CT molecular complexity index is 585. The molecule has 3 rings (SSSR count). The molecule has 2 nitrogen and oxygen atoms in total. The molecule has 2 heteroatoms. The van der Waals surface area contributed by atoms with Crippen LogP contribution in [-0.2, 0) is 6.42 Å². The van der Waals surface area contributed by atoms with Crippen molar-refractivity contribution in [3.63, 3.8) is 0 Å². The summed E-state index contributed by atoms with van der Waals surface area (Å²) in [5, 5.41) is 9.67. The molecule has 0 amide bonds. The first kappa shape index (κ1) is 9.16. The molecule has 0 saturated carbocycles. The van der Waals surface area contributed by atoms with E-state index in [1.54, 1.807) is 6.07 Å². The molecule has 2 aromatic rings. The second-order valence-corrected chi connectivity index (χ2v) is 3.98. The number of benzene rings is 2. The van der Waals surface area contributed by atoms with Crippen molar-refractivity contribution in [3.05, 3.63) is 53.1 Å². The van der Waals surface area contributed by atoms with E-state index in [0.717, 1.165) is 29.4 Å². The number of phenolic OH excluding ortho intramolecular Hbond substituents is 1. The Labute approximate surface area is 93.2 Å². The number of hydrogen-bond acceptors (Lipinski definition) is 2. The number of aromatic hydroxyl groups is 1. The van der Waals surface area contributed by atoms with Crippen molar-refractivity contribution in [1.29, 1.82) is 0 Å². The van der Waals surface area contributed by atoms with Gasteiger partial charge in [0, 0.05) is 0 Å². The van der Waals surface area contributed by atoms with Crippen molar-refractivity contribution < 1.29 is 9.90 Å². The second kappa shape index (κ2) is 3.20. The fourth-order valence-corrected chi connectivity index (χ4v) is 2.36. The Hall–Kier alpha value is -2.09. The maximum absolute atomic E-state index is 11.0. The molecule has 0 aromatic heterocycles. The number of phenols is 1. The topological polar surface area (TPSA) is 37.3 Å². The van der Waals surface area contributed by atoms with Crippen LogP contribution in [0.1, 0.15) is 21.5 Å². The first-order valence-corrected chi connectivity index (χ1v) is 5.19. The quantitative estimate of drug-likeness (QED) is 0.627. The van der Waals surface area contributed by atoms with Gasteiger partial charge in [-0.05, 0) is 34.7 Å². The highest BCUT2D eigenvalue weighted by molar-refractivity contribution is 5.95. The molecular formula is C14H10O2. The van der Waals surface area contributed by atoms with Crippen LogP contribution in [0, 0.1) is 0 Å². The number of fused-ring (bicyclic) bond motifs is 3. The minimum atomic E-state index is 0.0606. The Balaban J connectivity index is 2.37. The average molecular weight is 210 g/mol. The lowest BCUT2D eigenvalue weighted by molar-refractivity contribution is 0.112. The van der Waals surface area contributed by atoms with E-state index in [0.29, 0.717) is 5.56 Å². The molecule has 78 valence electrons. The summed E-state index contributed by atoms with van der Waals surface area (Å²) in [4.78, 5) is 11.0. The van der Waals surface area contributed by atoms with Gasteiger partial charge in [-0.2, -0.15) is 0 Å². The summed E-state index contributed by atoms with van der Waals surface area (Å²) >= 11 is 0. The fourth-order valence-electron chi connectivity index (χ4n) is 2.36. The van der Waals surface area contributed by atoms with Gasteiger partial charge in [-0.15, -0.1) is 0 Å². The number of carbonyl (C=O) groups excluding carboxylic acids is 1. The third-order valence-electron chi connectivity index (χ3n) is 3.09. The van der Waals surface area contributed by atoms with E-state index >= 15 is 0 Å². The van der Waals surface area contributed by atoms with E-state index in [9.17, 15) is 9.90 Å². The molecule has 0 unspecified atom stereocenters. The first-order valence-electron chi connectivity index (χ1n) is 5.19. The molecule has 0 spiro atoms. The zero-order valence-corrected chi connectivity index (χ0v) is 8.60. The van der Waals surface area contributed by atoms with E-state index in [4.69, 9.17) is 0 Å². The van der Waals surface area contributed by atoms with Gasteiger partial charge in [-0.25, -0.2) is 0 Å². The van der Waals surface area contributed by atoms with Crippen molar-refractivity contribution in [2.24, 2.45) is 0 Å². The Morgan fingerprint density at radius 1 is 1.06 bits per heavy atom. The van der Waals surface area contributed by atoms with Gasteiger partial charge in [-0.3, -0.25) is 4.79 Å². The third kappa shape index (κ3) is 1.10. The van der Waals surface area contributed by atoms with Crippen LogP contribution >= 0.6 is 0 Å². The van der Waals surface area contributed by atoms with Gasteiger partial charge < -0.3 is 5.11 Å². The van der Waals surface area contributed by atoms with E-state index in [1.807, 2.05) is 24.3 Å². The largest absolute Gasteiger partial charge is 0.507 e. The van der Waals surface area contributed by atoms with Crippen molar-refractivity contribution >= 4 is 6.29 Å². The third-order valence-corrected chi connectivity index (χ3v) is 3.09. The number of rotatable bonds is 1. The summed E-state index contributed by atoms with van der Waals surface area (Å²) in [6.45, 7) is 0. The van der Waals surface area contributed by atoms with E-state index in [1.165, 1.54) is 5.56 Å². The van der Waals surface area contributed by atoms with Crippen LogP contribution in [0.25, 0.3) is 11.1 Å². The molecule has 1 aliphatic rings. The SMILES string of the molecule is O=Cc1c(O)ccc2c1-c1ccccc1C2. The van der Waals surface area contributed by atoms with Gasteiger partial charge in [0.1, 0.15) is 5.75 Å². The maximum atomic E-state index is 11.0. The molecule has 0 fully saturated rings. The molecule has 1 aliphatic carbocycles. The van der Waals surface area contributed by atoms with Gasteiger partial charge in [0.15, 0.2) is 6.29 Å². The summed E-state index contributed by atoms with van der Waals surface area (Å²) in [7, 11) is 0. The lowest BCUT2D eigenvalue weighted by Crippen LogP contribution is -1.89. The Morgan fingerprint density at radius 2 is 1.88 bits per heavy atom. The average Bonchev–Trinajstić information content (AvgIpc) is 2.68. The number of aldehydes is 1. The Kier molecular flexibility index (Phi) is 1.83. The minimum Gasteiger partial charge on any atom is -0.507 e. The number of carbonyl (C=O) groups is 1. The molecular weight excluding hydrogens is 200 g/mol. The second-order valence-electron chi connectivity index (χ2n) is 3.98.